The van der Waals surface area contributed by atoms with Gasteiger partial charge >= 0.3 is 5.69 Å². The van der Waals surface area contributed by atoms with Crippen LogP contribution < -0.4 is 4.74 Å². The van der Waals surface area contributed by atoms with E-state index < -0.39 is 20.7 Å². The number of carbonyl (C=O) groups excluding carboxylic acids is 1. The highest BCUT2D eigenvalue weighted by molar-refractivity contribution is 7.91. The van der Waals surface area contributed by atoms with E-state index in [1.807, 2.05) is 0 Å². The molecule has 0 radical (unpaired) electrons. The third-order valence-electron chi connectivity index (χ3n) is 3.56. The molecule has 1 amide bonds. The van der Waals surface area contributed by atoms with Crippen molar-refractivity contribution in [3.05, 3.63) is 34.4 Å². The lowest BCUT2D eigenvalue weighted by molar-refractivity contribution is -0.385. The van der Waals surface area contributed by atoms with Crippen LogP contribution in [0.1, 0.15) is 6.42 Å². The van der Waals surface area contributed by atoms with Gasteiger partial charge in [0.05, 0.1) is 16.4 Å². The predicted molar refractivity (Wildman–Crippen MR) is 78.4 cm³/mol. The number of hydrogen-bond donors (Lipinski definition) is 0. The van der Waals surface area contributed by atoms with Crippen LogP contribution in [0.3, 0.4) is 0 Å². The Morgan fingerprint density at radius 3 is 2.73 bits per heavy atom. The van der Waals surface area contributed by atoms with Crippen molar-refractivity contribution < 1.29 is 22.9 Å². The average molecular weight is 328 g/mol. The molecule has 120 valence electrons. The molecule has 0 aliphatic carbocycles. The quantitative estimate of drug-likeness (QED) is 0.579. The highest BCUT2D eigenvalue weighted by atomic mass is 32.2. The summed E-state index contributed by atoms with van der Waals surface area (Å²) in [5, 5.41) is 10.8. The third kappa shape index (κ3) is 3.73. The molecule has 22 heavy (non-hydrogen) atoms. The summed E-state index contributed by atoms with van der Waals surface area (Å²) < 4.78 is 28.1. The number of ether oxygens (including phenoxy) is 1. The lowest BCUT2D eigenvalue weighted by Crippen LogP contribution is -2.40. The van der Waals surface area contributed by atoms with Crippen molar-refractivity contribution in [3.63, 3.8) is 0 Å². The van der Waals surface area contributed by atoms with Crippen molar-refractivity contribution in [2.24, 2.45) is 0 Å². The molecule has 8 nitrogen and oxygen atoms in total. The number of para-hydroxylation sites is 2. The van der Waals surface area contributed by atoms with Gasteiger partial charge in [0.2, 0.25) is 0 Å². The van der Waals surface area contributed by atoms with Gasteiger partial charge in [-0.15, -0.1) is 0 Å². The van der Waals surface area contributed by atoms with Crippen LogP contribution in [0.25, 0.3) is 0 Å². The van der Waals surface area contributed by atoms with E-state index in [1.165, 1.54) is 30.1 Å². The van der Waals surface area contributed by atoms with Crippen LogP contribution in [0.2, 0.25) is 0 Å². The number of benzene rings is 1. The zero-order chi connectivity index (χ0) is 16.3. The Morgan fingerprint density at radius 2 is 2.14 bits per heavy atom. The van der Waals surface area contributed by atoms with Crippen LogP contribution in [-0.2, 0) is 14.6 Å². The number of carbonyl (C=O) groups is 1. The van der Waals surface area contributed by atoms with Gasteiger partial charge in [-0.3, -0.25) is 14.9 Å². The van der Waals surface area contributed by atoms with Gasteiger partial charge in [-0.2, -0.15) is 0 Å². The summed E-state index contributed by atoms with van der Waals surface area (Å²) >= 11 is 0. The SMILES string of the molecule is CN(C(=O)COc1ccccc1[N+](=O)[O-])C1CCS(=O)(=O)C1. The van der Waals surface area contributed by atoms with E-state index in [-0.39, 0.29) is 35.6 Å². The largest absolute Gasteiger partial charge is 0.477 e. The molecule has 2 rings (SSSR count). The van der Waals surface area contributed by atoms with Crippen molar-refractivity contribution in [2.45, 2.75) is 12.5 Å². The number of sulfone groups is 1. The van der Waals surface area contributed by atoms with Crippen LogP contribution in [0.4, 0.5) is 5.69 Å². The monoisotopic (exact) mass is 328 g/mol. The highest BCUT2D eigenvalue weighted by Crippen LogP contribution is 2.26. The van der Waals surface area contributed by atoms with Crippen molar-refractivity contribution in [1.29, 1.82) is 0 Å². The number of rotatable bonds is 5. The molecular weight excluding hydrogens is 312 g/mol. The van der Waals surface area contributed by atoms with Gasteiger partial charge in [0.1, 0.15) is 0 Å². The van der Waals surface area contributed by atoms with E-state index in [0.29, 0.717) is 6.42 Å². The molecule has 1 saturated heterocycles. The van der Waals surface area contributed by atoms with Crippen LogP contribution in [-0.4, -0.2) is 55.4 Å². The van der Waals surface area contributed by atoms with Gasteiger partial charge in [0, 0.05) is 19.2 Å². The van der Waals surface area contributed by atoms with Crippen LogP contribution in [0.15, 0.2) is 24.3 Å². The van der Waals surface area contributed by atoms with E-state index in [0.717, 1.165) is 0 Å². The van der Waals surface area contributed by atoms with E-state index >= 15 is 0 Å². The maximum atomic E-state index is 12.0. The minimum absolute atomic E-state index is 0.00768. The van der Waals surface area contributed by atoms with E-state index in [4.69, 9.17) is 4.74 Å². The fourth-order valence-electron chi connectivity index (χ4n) is 2.26. The summed E-state index contributed by atoms with van der Waals surface area (Å²) in [5.74, 6) is -0.394. The first-order valence-corrected chi connectivity index (χ1v) is 8.44. The Bertz CT molecular complexity index is 688. The number of hydrogen-bond acceptors (Lipinski definition) is 6. The molecule has 0 spiro atoms. The number of nitro benzene ring substituents is 1. The van der Waals surface area contributed by atoms with Crippen molar-refractivity contribution >= 4 is 21.4 Å². The Morgan fingerprint density at radius 1 is 1.45 bits per heavy atom. The maximum Gasteiger partial charge on any atom is 0.310 e. The Balaban J connectivity index is 1.97. The summed E-state index contributed by atoms with van der Waals surface area (Å²) in [5.41, 5.74) is -0.221. The summed E-state index contributed by atoms with van der Waals surface area (Å²) in [6.07, 6.45) is 0.399. The molecule has 0 bridgehead atoms. The Hall–Kier alpha value is -2.16. The average Bonchev–Trinajstić information content (AvgIpc) is 2.84. The second kappa shape index (κ2) is 6.30. The number of nitrogens with zero attached hydrogens (tertiary/aromatic N) is 2. The Kier molecular flexibility index (Phi) is 4.65. The molecule has 1 aliphatic rings. The second-order valence-electron chi connectivity index (χ2n) is 5.08. The lowest BCUT2D eigenvalue weighted by Gasteiger charge is -2.23. The second-order valence-corrected chi connectivity index (χ2v) is 7.30. The van der Waals surface area contributed by atoms with Crippen LogP contribution in [0, 0.1) is 10.1 Å². The van der Waals surface area contributed by atoms with E-state index in [2.05, 4.69) is 0 Å². The summed E-state index contributed by atoms with van der Waals surface area (Å²) in [4.78, 5) is 23.6. The summed E-state index contributed by atoms with van der Waals surface area (Å²) in [6, 6.07) is 5.40. The molecule has 1 fully saturated rings. The molecule has 0 N–H and O–H groups in total. The van der Waals surface area contributed by atoms with E-state index in [9.17, 15) is 23.3 Å². The van der Waals surface area contributed by atoms with Crippen LogP contribution >= 0.6 is 0 Å². The van der Waals surface area contributed by atoms with Gasteiger partial charge in [-0.1, -0.05) is 12.1 Å². The molecule has 1 heterocycles. The molecule has 0 aromatic heterocycles. The van der Waals surface area contributed by atoms with Gasteiger partial charge in [0.15, 0.2) is 22.2 Å². The van der Waals surface area contributed by atoms with Crippen molar-refractivity contribution in [1.82, 2.24) is 4.90 Å². The van der Waals surface area contributed by atoms with Crippen LogP contribution in [0.5, 0.6) is 5.75 Å². The maximum absolute atomic E-state index is 12.0. The predicted octanol–water partition coefficient (Wildman–Crippen LogP) is 0.619. The zero-order valence-electron chi connectivity index (χ0n) is 12.0. The van der Waals surface area contributed by atoms with Crippen molar-refractivity contribution in [3.8, 4) is 5.75 Å². The smallest absolute Gasteiger partial charge is 0.310 e. The first-order valence-electron chi connectivity index (χ1n) is 6.62. The fraction of sp³-hybridized carbons (Fsp3) is 0.462. The standard InChI is InChI=1S/C13H16N2O6S/c1-14(10-6-7-22(19,20)9-10)13(16)8-21-12-5-3-2-4-11(12)15(17)18/h2-5,10H,6-9H2,1H3. The summed E-state index contributed by atoms with van der Waals surface area (Å²) in [6.45, 7) is -0.377. The lowest BCUT2D eigenvalue weighted by atomic mass is 10.2. The topological polar surface area (TPSA) is 107 Å². The minimum atomic E-state index is -3.08. The van der Waals surface area contributed by atoms with Gasteiger partial charge in [-0.25, -0.2) is 8.42 Å². The first-order chi connectivity index (χ1) is 10.3. The molecular formula is C13H16N2O6S. The van der Waals surface area contributed by atoms with Crippen molar-refractivity contribution in [2.75, 3.05) is 25.2 Å². The molecule has 1 atom stereocenters. The fourth-order valence-corrected chi connectivity index (χ4v) is 4.03. The number of amides is 1. The molecule has 1 aromatic carbocycles. The number of nitro groups is 1. The van der Waals surface area contributed by atoms with Gasteiger partial charge in [-0.05, 0) is 12.5 Å². The number of likely N-dealkylation sites (N-methyl/N-ethyl adjacent to an activating group) is 1. The zero-order valence-corrected chi connectivity index (χ0v) is 12.8. The first kappa shape index (κ1) is 16.2. The molecule has 1 aliphatic heterocycles. The Labute approximate surface area is 127 Å². The molecule has 0 saturated carbocycles. The molecule has 9 heteroatoms. The van der Waals surface area contributed by atoms with Gasteiger partial charge < -0.3 is 9.64 Å². The summed E-state index contributed by atoms with van der Waals surface area (Å²) in [7, 11) is -1.57. The van der Waals surface area contributed by atoms with E-state index in [1.54, 1.807) is 6.07 Å². The highest BCUT2D eigenvalue weighted by Gasteiger charge is 2.32. The third-order valence-corrected chi connectivity index (χ3v) is 5.31. The molecule has 1 aromatic rings. The van der Waals surface area contributed by atoms with Gasteiger partial charge in [0.25, 0.3) is 5.91 Å². The minimum Gasteiger partial charge on any atom is -0.477 e. The molecule has 1 unspecified atom stereocenters. The normalized spacial score (nSPS) is 19.6.